The van der Waals surface area contributed by atoms with Gasteiger partial charge in [-0.05, 0) is 0 Å². The van der Waals surface area contributed by atoms with Gasteiger partial charge in [-0.2, -0.15) is 0 Å². The van der Waals surface area contributed by atoms with Crippen LogP contribution in [0.25, 0.3) is 0 Å². The highest BCUT2D eigenvalue weighted by Gasteiger charge is 2.13. The molecule has 1 unspecified atom stereocenters. The van der Waals surface area contributed by atoms with E-state index >= 15 is 0 Å². The van der Waals surface area contributed by atoms with Crippen LogP contribution < -0.4 is 16.0 Å². The van der Waals surface area contributed by atoms with Gasteiger partial charge in [0.25, 0.3) is 5.56 Å². The number of carboxylic acids is 1. The lowest BCUT2D eigenvalue weighted by atomic mass is 10.3. The highest BCUT2D eigenvalue weighted by molar-refractivity contribution is 5.72. The summed E-state index contributed by atoms with van der Waals surface area (Å²) in [5.41, 5.74) is 4.85. The minimum Gasteiger partial charge on any atom is -0.480 e. The molecule has 0 radical (unpaired) electrons. The van der Waals surface area contributed by atoms with Crippen molar-refractivity contribution in [3.8, 4) is 5.88 Å². The number of carboxylic acid groups (broad SMARTS) is 1. The van der Waals surface area contributed by atoms with Gasteiger partial charge in [0.15, 0.2) is 0 Å². The molecule has 82 valence electrons. The molecule has 1 aromatic rings. The number of hydrogen-bond acceptors (Lipinski definition) is 5. The fourth-order valence-corrected chi connectivity index (χ4v) is 0.934. The Bertz CT molecular complexity index is 415. The summed E-state index contributed by atoms with van der Waals surface area (Å²) in [7, 11) is 1.40. The van der Waals surface area contributed by atoms with E-state index < -0.39 is 17.6 Å². The maximum absolute atomic E-state index is 11.2. The first-order chi connectivity index (χ1) is 7.04. The third-order valence-electron chi connectivity index (χ3n) is 1.74. The van der Waals surface area contributed by atoms with E-state index in [1.165, 1.54) is 19.2 Å². The van der Waals surface area contributed by atoms with Gasteiger partial charge in [-0.1, -0.05) is 0 Å². The summed E-state index contributed by atoms with van der Waals surface area (Å²) in [6, 6.07) is 1.47. The van der Waals surface area contributed by atoms with Crippen LogP contribution in [-0.2, 0) is 11.3 Å². The van der Waals surface area contributed by atoms with Crippen molar-refractivity contribution in [2.24, 2.45) is 5.73 Å². The fourth-order valence-electron chi connectivity index (χ4n) is 0.934. The minimum absolute atomic E-state index is 0.189. The molecule has 0 aromatic carbocycles. The first-order valence-corrected chi connectivity index (χ1v) is 4.15. The smallest absolute Gasteiger partial charge is 0.322 e. The van der Waals surface area contributed by atoms with Crippen molar-refractivity contribution < 1.29 is 14.6 Å². The van der Waals surface area contributed by atoms with E-state index in [1.807, 2.05) is 0 Å². The Morgan fingerprint density at radius 1 is 1.73 bits per heavy atom. The third kappa shape index (κ3) is 2.78. The average molecular weight is 213 g/mol. The van der Waals surface area contributed by atoms with Gasteiger partial charge >= 0.3 is 5.97 Å². The molecule has 1 aromatic heterocycles. The summed E-state index contributed by atoms with van der Waals surface area (Å²) in [6.07, 6.45) is 0. The summed E-state index contributed by atoms with van der Waals surface area (Å²) >= 11 is 0. The van der Waals surface area contributed by atoms with Crippen molar-refractivity contribution in [1.29, 1.82) is 0 Å². The molecule has 1 rings (SSSR count). The lowest BCUT2D eigenvalue weighted by Gasteiger charge is -2.08. The van der Waals surface area contributed by atoms with Gasteiger partial charge in [0, 0.05) is 12.1 Å². The van der Waals surface area contributed by atoms with E-state index in [0.717, 1.165) is 4.68 Å². The molecule has 0 amide bonds. The second-order valence-electron chi connectivity index (χ2n) is 2.84. The number of aromatic nitrogens is 2. The van der Waals surface area contributed by atoms with Crippen LogP contribution >= 0.6 is 0 Å². The van der Waals surface area contributed by atoms with Gasteiger partial charge in [0.05, 0.1) is 13.7 Å². The predicted octanol–water partition coefficient (Wildman–Crippen LogP) is -1.34. The molecule has 0 aliphatic carbocycles. The molecule has 0 saturated heterocycles. The van der Waals surface area contributed by atoms with Gasteiger partial charge in [0.1, 0.15) is 6.04 Å². The molecule has 0 aliphatic rings. The van der Waals surface area contributed by atoms with Crippen LogP contribution in [0, 0.1) is 0 Å². The van der Waals surface area contributed by atoms with E-state index in [0.29, 0.717) is 0 Å². The van der Waals surface area contributed by atoms with Gasteiger partial charge in [-0.15, -0.1) is 5.10 Å². The molecule has 7 nitrogen and oxygen atoms in total. The van der Waals surface area contributed by atoms with Crippen molar-refractivity contribution in [3.63, 3.8) is 0 Å². The Balaban J connectivity index is 2.93. The van der Waals surface area contributed by atoms with E-state index in [-0.39, 0.29) is 12.4 Å². The molecule has 1 heterocycles. The Kier molecular flexibility index (Phi) is 3.40. The molecule has 15 heavy (non-hydrogen) atoms. The van der Waals surface area contributed by atoms with Crippen LogP contribution in [0.5, 0.6) is 5.88 Å². The molecule has 0 fully saturated rings. The summed E-state index contributed by atoms with van der Waals surface area (Å²) in [4.78, 5) is 21.7. The predicted molar refractivity (Wildman–Crippen MR) is 50.7 cm³/mol. The van der Waals surface area contributed by atoms with Crippen LogP contribution in [-0.4, -0.2) is 34.0 Å². The number of methoxy groups -OCH3 is 1. The molecule has 0 aliphatic heterocycles. The summed E-state index contributed by atoms with van der Waals surface area (Å²) in [5, 5.41) is 12.3. The standard InChI is InChI=1S/C8H11N3O4/c1-15-6-2-3-7(12)11(10-6)4-5(9)8(13)14/h2-3,5H,4,9H2,1H3,(H,13,14). The molecule has 3 N–H and O–H groups in total. The molecular weight excluding hydrogens is 202 g/mol. The number of rotatable bonds is 4. The molecular formula is C8H11N3O4. The number of hydrogen-bond donors (Lipinski definition) is 2. The second-order valence-corrected chi connectivity index (χ2v) is 2.84. The average Bonchev–Trinajstić information content (AvgIpc) is 2.21. The van der Waals surface area contributed by atoms with Gasteiger partial charge in [-0.3, -0.25) is 9.59 Å². The van der Waals surface area contributed by atoms with Crippen molar-refractivity contribution >= 4 is 5.97 Å². The van der Waals surface area contributed by atoms with Crippen molar-refractivity contribution in [2.45, 2.75) is 12.6 Å². The van der Waals surface area contributed by atoms with Crippen LogP contribution in [0.1, 0.15) is 0 Å². The third-order valence-corrected chi connectivity index (χ3v) is 1.74. The monoisotopic (exact) mass is 213 g/mol. The van der Waals surface area contributed by atoms with Crippen LogP contribution in [0.3, 0.4) is 0 Å². The second kappa shape index (κ2) is 4.56. The topological polar surface area (TPSA) is 107 Å². The van der Waals surface area contributed by atoms with Crippen molar-refractivity contribution in [1.82, 2.24) is 9.78 Å². The van der Waals surface area contributed by atoms with E-state index in [9.17, 15) is 9.59 Å². The van der Waals surface area contributed by atoms with Gasteiger partial charge < -0.3 is 15.6 Å². The number of carbonyl (C=O) groups is 1. The Morgan fingerprint density at radius 2 is 2.40 bits per heavy atom. The van der Waals surface area contributed by atoms with Crippen LogP contribution in [0.15, 0.2) is 16.9 Å². The first-order valence-electron chi connectivity index (χ1n) is 4.15. The lowest BCUT2D eigenvalue weighted by molar-refractivity contribution is -0.138. The first kappa shape index (κ1) is 11.2. The molecule has 0 bridgehead atoms. The SMILES string of the molecule is COc1ccc(=O)n(CC(N)C(=O)O)n1. The molecule has 0 spiro atoms. The van der Waals surface area contributed by atoms with Gasteiger partial charge in [0.2, 0.25) is 5.88 Å². The minimum atomic E-state index is -1.19. The summed E-state index contributed by atoms with van der Waals surface area (Å²) < 4.78 is 5.75. The fraction of sp³-hybridized carbons (Fsp3) is 0.375. The number of ether oxygens (including phenoxy) is 1. The van der Waals surface area contributed by atoms with Crippen molar-refractivity contribution in [2.75, 3.05) is 7.11 Å². The van der Waals surface area contributed by atoms with E-state index in [2.05, 4.69) is 5.10 Å². The van der Waals surface area contributed by atoms with Crippen LogP contribution in [0.4, 0.5) is 0 Å². The maximum Gasteiger partial charge on any atom is 0.322 e. The number of nitrogens with two attached hydrogens (primary N) is 1. The van der Waals surface area contributed by atoms with E-state index in [4.69, 9.17) is 15.6 Å². The normalized spacial score (nSPS) is 12.1. The summed E-state index contributed by atoms with van der Waals surface area (Å²) in [5.74, 6) is -0.960. The zero-order chi connectivity index (χ0) is 11.4. The summed E-state index contributed by atoms with van der Waals surface area (Å²) in [6.45, 7) is -0.189. The molecule has 1 atom stereocenters. The van der Waals surface area contributed by atoms with Crippen LogP contribution in [0.2, 0.25) is 0 Å². The quantitative estimate of drug-likeness (QED) is 0.641. The lowest BCUT2D eigenvalue weighted by Crippen LogP contribution is -2.38. The Labute approximate surface area is 85.1 Å². The number of aliphatic carboxylic acids is 1. The zero-order valence-electron chi connectivity index (χ0n) is 8.08. The highest BCUT2D eigenvalue weighted by atomic mass is 16.5. The largest absolute Gasteiger partial charge is 0.480 e. The molecule has 0 saturated carbocycles. The molecule has 7 heteroatoms. The maximum atomic E-state index is 11.2. The van der Waals surface area contributed by atoms with Gasteiger partial charge in [-0.25, -0.2) is 4.68 Å². The Morgan fingerprint density at radius 3 is 2.93 bits per heavy atom. The highest BCUT2D eigenvalue weighted by Crippen LogP contribution is 1.99. The zero-order valence-corrected chi connectivity index (χ0v) is 8.08. The number of nitrogens with zero attached hydrogens (tertiary/aromatic N) is 2. The van der Waals surface area contributed by atoms with E-state index in [1.54, 1.807) is 0 Å². The Hall–Kier alpha value is -1.89. The van der Waals surface area contributed by atoms with Crippen molar-refractivity contribution in [3.05, 3.63) is 22.5 Å².